The minimum atomic E-state index is -3.16. The van der Waals surface area contributed by atoms with Crippen LogP contribution in [0.5, 0.6) is 0 Å². The van der Waals surface area contributed by atoms with Crippen LogP contribution >= 0.6 is 8.25 Å². The Kier molecular flexibility index (Phi) is 2.33. The van der Waals surface area contributed by atoms with Gasteiger partial charge in [0, 0.05) is 0 Å². The predicted molar refractivity (Wildman–Crippen MR) is 25.9 cm³/mol. The summed E-state index contributed by atoms with van der Waals surface area (Å²) in [6, 6.07) is 0. The molecule has 1 heterocycles. The van der Waals surface area contributed by atoms with Crippen molar-refractivity contribution in [1.82, 2.24) is 0 Å². The summed E-state index contributed by atoms with van der Waals surface area (Å²) in [7, 11) is -3.16. The lowest BCUT2D eigenvalue weighted by Gasteiger charge is -2.22. The van der Waals surface area contributed by atoms with Crippen molar-refractivity contribution in [2.45, 2.75) is 18.9 Å². The highest BCUT2D eigenvalue weighted by Gasteiger charge is 2.39. The summed E-state index contributed by atoms with van der Waals surface area (Å²) in [6.07, 6.45) is -7.45. The maximum Gasteiger partial charge on any atom is 0.324 e. The van der Waals surface area contributed by atoms with E-state index in [2.05, 4.69) is 9.05 Å². The molecule has 0 aromatic carbocycles. The van der Waals surface area contributed by atoms with Gasteiger partial charge in [0.2, 0.25) is 18.9 Å². The molecule has 60 valence electrons. The number of alkyl halides is 3. The van der Waals surface area contributed by atoms with Crippen LogP contribution in [0.25, 0.3) is 0 Å². The number of halogens is 3. The van der Waals surface area contributed by atoms with Crippen molar-refractivity contribution in [2.24, 2.45) is 0 Å². The number of hydrogen-bond donors (Lipinski definition) is 0. The van der Waals surface area contributed by atoms with Gasteiger partial charge in [-0.3, -0.25) is 13.6 Å². The van der Waals surface area contributed by atoms with Crippen molar-refractivity contribution in [3.8, 4) is 0 Å². The van der Waals surface area contributed by atoms with E-state index in [1.807, 2.05) is 0 Å². The van der Waals surface area contributed by atoms with Gasteiger partial charge >= 0.3 is 8.25 Å². The fourth-order valence-electron chi connectivity index (χ4n) is 0.461. The minimum Gasteiger partial charge on any atom is -0.272 e. The van der Waals surface area contributed by atoms with Crippen molar-refractivity contribution in [2.75, 3.05) is 0 Å². The Morgan fingerprint density at radius 3 is 1.90 bits per heavy atom. The van der Waals surface area contributed by atoms with Crippen molar-refractivity contribution in [3.05, 3.63) is 0 Å². The van der Waals surface area contributed by atoms with Crippen LogP contribution in [-0.2, 0) is 13.6 Å². The van der Waals surface area contributed by atoms with E-state index in [4.69, 9.17) is 0 Å². The average molecular weight is 176 g/mol. The van der Waals surface area contributed by atoms with E-state index in [1.54, 1.807) is 0 Å². The van der Waals surface area contributed by atoms with Crippen LogP contribution < -0.4 is 0 Å². The molecule has 1 aliphatic rings. The third-order valence-electron chi connectivity index (χ3n) is 0.918. The first kappa shape index (κ1) is 8.04. The Labute approximate surface area is 55.1 Å². The highest BCUT2D eigenvalue weighted by Crippen LogP contribution is 2.38. The van der Waals surface area contributed by atoms with Gasteiger partial charge in [0.15, 0.2) is 0 Å². The number of rotatable bonds is 0. The summed E-state index contributed by atoms with van der Waals surface area (Å²) in [6.45, 7) is 0. The molecule has 1 aliphatic heterocycles. The van der Waals surface area contributed by atoms with Gasteiger partial charge < -0.3 is 0 Å². The van der Waals surface area contributed by atoms with Gasteiger partial charge in [-0.05, 0) is 0 Å². The summed E-state index contributed by atoms with van der Waals surface area (Å²) in [4.78, 5) is 0. The molecule has 0 aromatic heterocycles. The molecule has 0 N–H and O–H groups in total. The summed E-state index contributed by atoms with van der Waals surface area (Å²) < 4.78 is 53.5. The second-order valence-corrected chi connectivity index (χ2v) is 2.60. The first-order valence-corrected chi connectivity index (χ1v) is 3.63. The van der Waals surface area contributed by atoms with Crippen LogP contribution in [0.3, 0.4) is 0 Å². The van der Waals surface area contributed by atoms with E-state index in [1.165, 1.54) is 0 Å². The fraction of sp³-hybridized carbons (Fsp3) is 1.00. The highest BCUT2D eigenvalue weighted by molar-refractivity contribution is 7.33. The van der Waals surface area contributed by atoms with Crippen LogP contribution in [-0.4, -0.2) is 18.9 Å². The van der Waals surface area contributed by atoms with Gasteiger partial charge in [-0.1, -0.05) is 0 Å². The standard InChI is InChI=1S/C3H4F3O3P/c4-1-2(5)8-10(7)9-3(1)6/h1-3,10H. The lowest BCUT2D eigenvalue weighted by Crippen LogP contribution is -2.33. The molecule has 0 amide bonds. The number of hydrogen-bond acceptors (Lipinski definition) is 3. The molecule has 0 aliphatic carbocycles. The molecule has 0 spiro atoms. The Balaban J connectivity index is 2.57. The molecule has 10 heavy (non-hydrogen) atoms. The second kappa shape index (κ2) is 2.90. The largest absolute Gasteiger partial charge is 0.324 e. The van der Waals surface area contributed by atoms with E-state index in [0.717, 1.165) is 0 Å². The molecular formula is C3H4F3O3P. The van der Waals surface area contributed by atoms with Crippen molar-refractivity contribution < 1.29 is 26.8 Å². The molecule has 2 unspecified atom stereocenters. The van der Waals surface area contributed by atoms with Crippen LogP contribution in [0, 0.1) is 0 Å². The zero-order valence-electron chi connectivity index (χ0n) is 4.59. The second-order valence-electron chi connectivity index (χ2n) is 1.63. The Morgan fingerprint density at radius 2 is 1.50 bits per heavy atom. The maximum atomic E-state index is 12.0. The molecule has 1 rings (SSSR count). The van der Waals surface area contributed by atoms with Gasteiger partial charge in [-0.2, -0.15) is 0 Å². The van der Waals surface area contributed by atoms with Crippen molar-refractivity contribution in [3.63, 3.8) is 0 Å². The monoisotopic (exact) mass is 176 g/mol. The molecule has 7 heteroatoms. The Morgan fingerprint density at radius 1 is 1.10 bits per heavy atom. The highest BCUT2D eigenvalue weighted by atomic mass is 31.1. The van der Waals surface area contributed by atoms with E-state index < -0.39 is 27.1 Å². The Bertz CT molecular complexity index is 140. The van der Waals surface area contributed by atoms with Crippen LogP contribution in [0.4, 0.5) is 13.2 Å². The molecule has 1 fully saturated rings. The zero-order chi connectivity index (χ0) is 7.72. The van der Waals surface area contributed by atoms with Crippen molar-refractivity contribution in [1.29, 1.82) is 0 Å². The van der Waals surface area contributed by atoms with Crippen molar-refractivity contribution >= 4 is 8.25 Å². The van der Waals surface area contributed by atoms with E-state index in [0.29, 0.717) is 0 Å². The first-order valence-electron chi connectivity index (χ1n) is 2.41. The molecule has 2 atom stereocenters. The molecule has 3 nitrogen and oxygen atoms in total. The normalized spacial score (nSPS) is 49.1. The van der Waals surface area contributed by atoms with Crippen LogP contribution in [0.2, 0.25) is 0 Å². The van der Waals surface area contributed by atoms with E-state index in [-0.39, 0.29) is 0 Å². The van der Waals surface area contributed by atoms with Crippen LogP contribution in [0.15, 0.2) is 0 Å². The molecule has 0 aromatic rings. The Hall–Kier alpha value is -0.0600. The summed E-state index contributed by atoms with van der Waals surface area (Å²) in [5.74, 6) is 0. The maximum absolute atomic E-state index is 12.0. The molecule has 0 bridgehead atoms. The van der Waals surface area contributed by atoms with Gasteiger partial charge in [-0.15, -0.1) is 0 Å². The SMILES string of the molecule is O=[PH]1OC(F)C(F)C(F)O1. The van der Waals surface area contributed by atoms with Gasteiger partial charge in [-0.25, -0.2) is 13.2 Å². The zero-order valence-corrected chi connectivity index (χ0v) is 5.59. The van der Waals surface area contributed by atoms with E-state index in [9.17, 15) is 17.7 Å². The third kappa shape index (κ3) is 1.51. The predicted octanol–water partition coefficient (Wildman–Crippen LogP) is 1.35. The molecule has 0 radical (unpaired) electrons. The quantitative estimate of drug-likeness (QED) is 0.522. The lowest BCUT2D eigenvalue weighted by atomic mass is 10.4. The minimum absolute atomic E-state index is 2.48. The third-order valence-corrected chi connectivity index (χ3v) is 1.75. The first-order chi connectivity index (χ1) is 4.61. The van der Waals surface area contributed by atoms with Crippen LogP contribution in [0.1, 0.15) is 0 Å². The summed E-state index contributed by atoms with van der Waals surface area (Å²) in [5.41, 5.74) is 0. The lowest BCUT2D eigenvalue weighted by molar-refractivity contribution is -0.136. The molecule has 0 saturated carbocycles. The van der Waals surface area contributed by atoms with Gasteiger partial charge in [0.25, 0.3) is 0 Å². The topological polar surface area (TPSA) is 35.5 Å². The average Bonchev–Trinajstić information content (AvgIpc) is 1.82. The summed E-state index contributed by atoms with van der Waals surface area (Å²) in [5, 5.41) is 0. The van der Waals surface area contributed by atoms with Gasteiger partial charge in [0.05, 0.1) is 0 Å². The molecule has 1 saturated heterocycles. The molecular weight excluding hydrogens is 172 g/mol. The smallest absolute Gasteiger partial charge is 0.272 e. The van der Waals surface area contributed by atoms with E-state index >= 15 is 0 Å². The van der Waals surface area contributed by atoms with Gasteiger partial charge in [0.1, 0.15) is 0 Å². The summed E-state index contributed by atoms with van der Waals surface area (Å²) >= 11 is 0. The fourth-order valence-corrected chi connectivity index (χ4v) is 1.14.